The molecule has 0 aliphatic carbocycles. The van der Waals surface area contributed by atoms with Crippen LogP contribution in [-0.2, 0) is 27.5 Å². The molecule has 0 bridgehead atoms. The fourth-order valence-corrected chi connectivity index (χ4v) is 4.24. The van der Waals surface area contributed by atoms with Gasteiger partial charge in [-0.25, -0.2) is 4.79 Å². The molecule has 0 saturated carbocycles. The zero-order valence-corrected chi connectivity index (χ0v) is 21.0. The number of hydrogen-bond donors (Lipinski definition) is 4. The maximum Gasteiger partial charge on any atom is 0.336 e. The molecule has 1 saturated heterocycles. The Bertz CT molecular complexity index is 1010. The summed E-state index contributed by atoms with van der Waals surface area (Å²) in [5.41, 5.74) is 1.18. The molecule has 1 unspecified atom stereocenters. The summed E-state index contributed by atoms with van der Waals surface area (Å²) in [5, 5.41) is 38.4. The molecule has 1 aliphatic rings. The van der Waals surface area contributed by atoms with Gasteiger partial charge in [-0.2, -0.15) is 5.10 Å². The summed E-state index contributed by atoms with van der Waals surface area (Å²) in [6.45, 7) is 7.67. The molecule has 4 N–H and O–H groups in total. The largest absolute Gasteiger partial charge is 0.481 e. The molecule has 0 radical (unpaired) electrons. The molecule has 36 heavy (non-hydrogen) atoms. The normalized spacial score (nSPS) is 16.0. The van der Waals surface area contributed by atoms with Gasteiger partial charge in [-0.3, -0.25) is 14.3 Å². The Labute approximate surface area is 210 Å². The minimum atomic E-state index is -2.74. The number of benzene rings is 1. The monoisotopic (exact) mass is 504 g/mol. The van der Waals surface area contributed by atoms with Gasteiger partial charge in [0.05, 0.1) is 25.6 Å². The lowest BCUT2D eigenvalue weighted by Crippen LogP contribution is -2.42. The van der Waals surface area contributed by atoms with Crippen LogP contribution in [0.2, 0.25) is 0 Å². The number of likely N-dealkylation sites (tertiary alicyclic amines) is 1. The summed E-state index contributed by atoms with van der Waals surface area (Å²) < 4.78 is 2.11. The molecule has 1 aliphatic heterocycles. The Morgan fingerprint density at radius 1 is 1.11 bits per heavy atom. The molecule has 3 rings (SSSR count). The van der Waals surface area contributed by atoms with Gasteiger partial charge in [0, 0.05) is 30.9 Å². The molecular weight excluding hydrogens is 468 g/mol. The fourth-order valence-electron chi connectivity index (χ4n) is 4.24. The van der Waals surface area contributed by atoms with Gasteiger partial charge in [-0.05, 0) is 45.5 Å². The van der Waals surface area contributed by atoms with E-state index in [1.54, 1.807) is 0 Å². The zero-order valence-electron chi connectivity index (χ0n) is 21.0. The predicted molar refractivity (Wildman–Crippen MR) is 132 cm³/mol. The van der Waals surface area contributed by atoms with Crippen LogP contribution in [0.25, 0.3) is 0 Å². The van der Waals surface area contributed by atoms with Crippen molar-refractivity contribution < 1.29 is 34.8 Å². The lowest BCUT2D eigenvalue weighted by molar-refractivity contribution is -0.170. The first-order valence-electron chi connectivity index (χ1n) is 11.7. The van der Waals surface area contributed by atoms with Crippen LogP contribution in [0.1, 0.15) is 36.1 Å². The zero-order chi connectivity index (χ0) is 26.9. The molecule has 1 fully saturated rings. The molecule has 198 valence electrons. The van der Waals surface area contributed by atoms with E-state index in [9.17, 15) is 14.4 Å². The summed E-state index contributed by atoms with van der Waals surface area (Å²) in [7, 11) is 4.45. The average Bonchev–Trinajstić information content (AvgIpc) is 3.33. The Morgan fingerprint density at radius 2 is 1.72 bits per heavy atom. The summed E-state index contributed by atoms with van der Waals surface area (Å²) in [4.78, 5) is 35.4. The molecule has 11 heteroatoms. The van der Waals surface area contributed by atoms with Crippen LogP contribution in [0, 0.1) is 12.8 Å². The lowest BCUT2D eigenvalue weighted by Gasteiger charge is -2.20. The number of nitrogens with zero attached hydrogens (tertiary/aromatic N) is 4. The Morgan fingerprint density at radius 3 is 2.22 bits per heavy atom. The van der Waals surface area contributed by atoms with E-state index in [4.69, 9.17) is 20.4 Å². The second-order valence-corrected chi connectivity index (χ2v) is 9.49. The summed E-state index contributed by atoms with van der Waals surface area (Å²) in [6.07, 6.45) is 1.08. The van der Waals surface area contributed by atoms with Gasteiger partial charge >= 0.3 is 17.9 Å². The van der Waals surface area contributed by atoms with Crippen LogP contribution in [-0.4, -0.2) is 97.2 Å². The highest BCUT2D eigenvalue weighted by Gasteiger charge is 2.40. The number of aliphatic carboxylic acids is 3. The maximum atomic E-state index is 10.3. The third-order valence-corrected chi connectivity index (χ3v) is 6.16. The number of carboxylic acids is 3. The predicted octanol–water partition coefficient (Wildman–Crippen LogP) is 1.37. The van der Waals surface area contributed by atoms with E-state index in [0.717, 1.165) is 19.0 Å². The topological polar surface area (TPSA) is 156 Å². The number of aromatic nitrogens is 2. The number of carboxylic acid groups (broad SMARTS) is 3. The second-order valence-electron chi connectivity index (χ2n) is 9.49. The summed E-state index contributed by atoms with van der Waals surface area (Å²) in [6, 6.07) is 10.5. The fraction of sp³-hybridized carbons (Fsp3) is 0.520. The quantitative estimate of drug-likeness (QED) is 0.352. The molecule has 1 aromatic heterocycles. The smallest absolute Gasteiger partial charge is 0.336 e. The Hall–Kier alpha value is -3.28. The van der Waals surface area contributed by atoms with Gasteiger partial charge in [-0.1, -0.05) is 30.3 Å². The minimum Gasteiger partial charge on any atom is -0.481 e. The minimum absolute atomic E-state index is 0.810. The van der Waals surface area contributed by atoms with Gasteiger partial charge < -0.3 is 30.2 Å². The van der Waals surface area contributed by atoms with Crippen molar-refractivity contribution in [2.24, 2.45) is 5.92 Å². The van der Waals surface area contributed by atoms with E-state index in [1.807, 2.05) is 6.20 Å². The number of aliphatic hydroxyl groups is 1. The third-order valence-electron chi connectivity index (χ3n) is 6.16. The van der Waals surface area contributed by atoms with Crippen molar-refractivity contribution in [2.45, 2.75) is 44.9 Å². The molecule has 2 heterocycles. The molecule has 2 aromatic rings. The molecular formula is C25H36N4O7. The van der Waals surface area contributed by atoms with E-state index in [1.165, 1.54) is 42.9 Å². The van der Waals surface area contributed by atoms with E-state index in [2.05, 4.69) is 70.9 Å². The van der Waals surface area contributed by atoms with Gasteiger partial charge in [0.1, 0.15) is 0 Å². The van der Waals surface area contributed by atoms with Crippen molar-refractivity contribution in [1.29, 1.82) is 0 Å². The molecule has 0 amide bonds. The van der Waals surface area contributed by atoms with Gasteiger partial charge in [0.2, 0.25) is 0 Å². The van der Waals surface area contributed by atoms with Gasteiger partial charge in [-0.15, -0.1) is 0 Å². The van der Waals surface area contributed by atoms with Crippen LogP contribution in [0.15, 0.2) is 36.5 Å². The van der Waals surface area contributed by atoms with Crippen LogP contribution >= 0.6 is 0 Å². The second kappa shape index (κ2) is 13.1. The lowest BCUT2D eigenvalue weighted by atomic mass is 9.96. The number of carbonyl (C=O) groups is 3. The van der Waals surface area contributed by atoms with E-state index in [-0.39, 0.29) is 0 Å². The van der Waals surface area contributed by atoms with Crippen LogP contribution < -0.4 is 0 Å². The third kappa shape index (κ3) is 9.06. The van der Waals surface area contributed by atoms with E-state index >= 15 is 0 Å². The molecule has 1 atom stereocenters. The highest BCUT2D eigenvalue weighted by atomic mass is 16.4. The molecule has 11 nitrogen and oxygen atoms in total. The number of rotatable bonds is 11. The van der Waals surface area contributed by atoms with Crippen molar-refractivity contribution in [3.8, 4) is 0 Å². The standard InChI is InChI=1S/C19H28N4.C6H8O7/c1-16-19(15-22(3)13-18-9-10-21(2)12-18)11-20-23(16)14-17-7-5-4-6-8-17;7-3(8)1-6(13,5(11)12)2-4(9)10/h4-8,11,18H,9-10,12-15H2,1-3H3;13H,1-2H2,(H,7,8)(H,9,10)(H,11,12). The van der Waals surface area contributed by atoms with Crippen molar-refractivity contribution in [3.05, 3.63) is 53.3 Å². The van der Waals surface area contributed by atoms with Crippen molar-refractivity contribution in [2.75, 3.05) is 33.7 Å². The van der Waals surface area contributed by atoms with Gasteiger partial charge in [0.25, 0.3) is 0 Å². The highest BCUT2D eigenvalue weighted by Crippen LogP contribution is 2.18. The first-order chi connectivity index (χ1) is 16.9. The van der Waals surface area contributed by atoms with Crippen LogP contribution in [0.3, 0.4) is 0 Å². The van der Waals surface area contributed by atoms with Crippen molar-refractivity contribution in [1.82, 2.24) is 19.6 Å². The molecule has 1 aromatic carbocycles. The summed E-state index contributed by atoms with van der Waals surface area (Å²) >= 11 is 0. The average molecular weight is 505 g/mol. The number of hydrogen-bond acceptors (Lipinski definition) is 7. The highest BCUT2D eigenvalue weighted by molar-refractivity contribution is 5.88. The van der Waals surface area contributed by atoms with Crippen molar-refractivity contribution >= 4 is 17.9 Å². The molecule has 0 spiro atoms. The first-order valence-corrected chi connectivity index (χ1v) is 11.7. The van der Waals surface area contributed by atoms with Crippen LogP contribution in [0.5, 0.6) is 0 Å². The SMILES string of the molecule is Cc1c(CN(C)CC2CCN(C)C2)cnn1Cc1ccccc1.O=C(O)CC(O)(CC(=O)O)C(=O)O. The van der Waals surface area contributed by atoms with Gasteiger partial charge in [0.15, 0.2) is 5.60 Å². The van der Waals surface area contributed by atoms with Crippen LogP contribution in [0.4, 0.5) is 0 Å². The van der Waals surface area contributed by atoms with Crippen molar-refractivity contribution in [3.63, 3.8) is 0 Å². The van der Waals surface area contributed by atoms with E-state index < -0.39 is 36.4 Å². The Kier molecular flexibility index (Phi) is 10.6. The maximum absolute atomic E-state index is 10.3. The Balaban J connectivity index is 0.000000302. The summed E-state index contributed by atoms with van der Waals surface area (Å²) in [5.74, 6) is -4.21. The first kappa shape index (κ1) is 29.0. The van der Waals surface area contributed by atoms with E-state index in [0.29, 0.717) is 0 Å².